The average Bonchev–Trinajstić information content (AvgIpc) is 2.72. The summed E-state index contributed by atoms with van der Waals surface area (Å²) in [7, 11) is 0. The topological polar surface area (TPSA) is 31.9 Å². The molecule has 0 amide bonds. The van der Waals surface area contributed by atoms with E-state index in [1.54, 1.807) is 0 Å². The van der Waals surface area contributed by atoms with Crippen LogP contribution in [0.5, 0.6) is 0 Å². The van der Waals surface area contributed by atoms with Gasteiger partial charge in [-0.2, -0.15) is 5.10 Å². The molecule has 1 N–H and O–H groups in total. The van der Waals surface area contributed by atoms with E-state index in [4.69, 9.17) is 0 Å². The normalized spacial score (nSPS) is 30.7. The molecule has 3 heterocycles. The second-order valence-electron chi connectivity index (χ2n) is 4.24. The molecule has 0 spiro atoms. The summed E-state index contributed by atoms with van der Waals surface area (Å²) in [6, 6.07) is 0. The number of H-pyrrole nitrogens is 1. The van der Waals surface area contributed by atoms with Gasteiger partial charge in [-0.3, -0.25) is 5.10 Å². The molecular formula is C10H15N3. The summed E-state index contributed by atoms with van der Waals surface area (Å²) < 4.78 is 0. The lowest BCUT2D eigenvalue weighted by molar-refractivity contribution is 0.425. The van der Waals surface area contributed by atoms with E-state index >= 15 is 0 Å². The predicted molar refractivity (Wildman–Crippen MR) is 51.9 cm³/mol. The zero-order valence-electron chi connectivity index (χ0n) is 8.01. The van der Waals surface area contributed by atoms with Crippen molar-refractivity contribution in [3.05, 3.63) is 11.9 Å². The summed E-state index contributed by atoms with van der Waals surface area (Å²) >= 11 is 0. The van der Waals surface area contributed by atoms with Gasteiger partial charge in [-0.1, -0.05) is 6.92 Å². The Morgan fingerprint density at radius 1 is 1.69 bits per heavy atom. The molecule has 1 aromatic rings. The molecule has 3 rings (SSSR count). The number of nitrogens with zero attached hydrogens (tertiary/aromatic N) is 2. The molecule has 0 bridgehead atoms. The van der Waals surface area contributed by atoms with Crippen molar-refractivity contribution in [3.63, 3.8) is 0 Å². The SMILES string of the molecule is CCC12CCCN1c1cn[nH]c1C2. The van der Waals surface area contributed by atoms with Gasteiger partial charge in [-0.25, -0.2) is 0 Å². The van der Waals surface area contributed by atoms with Crippen molar-refractivity contribution in [2.45, 2.75) is 38.1 Å². The number of rotatable bonds is 1. The van der Waals surface area contributed by atoms with Crippen LogP contribution in [0.1, 0.15) is 31.9 Å². The minimum absolute atomic E-state index is 0.449. The van der Waals surface area contributed by atoms with E-state index in [0.717, 1.165) is 0 Å². The summed E-state index contributed by atoms with van der Waals surface area (Å²) in [6.45, 7) is 3.53. The Kier molecular flexibility index (Phi) is 1.30. The molecular weight excluding hydrogens is 162 g/mol. The van der Waals surface area contributed by atoms with Crippen molar-refractivity contribution in [1.29, 1.82) is 0 Å². The largest absolute Gasteiger partial charge is 0.363 e. The van der Waals surface area contributed by atoms with E-state index in [0.29, 0.717) is 5.54 Å². The van der Waals surface area contributed by atoms with Gasteiger partial charge >= 0.3 is 0 Å². The molecule has 1 atom stereocenters. The Morgan fingerprint density at radius 3 is 3.46 bits per heavy atom. The molecule has 0 saturated carbocycles. The Hall–Kier alpha value is -0.990. The highest BCUT2D eigenvalue weighted by molar-refractivity contribution is 5.59. The van der Waals surface area contributed by atoms with Gasteiger partial charge in [0.05, 0.1) is 17.6 Å². The quantitative estimate of drug-likeness (QED) is 0.708. The number of hydrogen-bond acceptors (Lipinski definition) is 2. The van der Waals surface area contributed by atoms with Crippen LogP contribution in [0.3, 0.4) is 0 Å². The highest BCUT2D eigenvalue weighted by Gasteiger charge is 2.46. The van der Waals surface area contributed by atoms with Crippen molar-refractivity contribution in [1.82, 2.24) is 10.2 Å². The number of aromatic amines is 1. The van der Waals surface area contributed by atoms with Crippen molar-refractivity contribution in [3.8, 4) is 0 Å². The van der Waals surface area contributed by atoms with Crippen LogP contribution in [0.15, 0.2) is 6.20 Å². The number of nitrogens with one attached hydrogen (secondary N) is 1. The van der Waals surface area contributed by atoms with Crippen LogP contribution < -0.4 is 4.90 Å². The van der Waals surface area contributed by atoms with Gasteiger partial charge in [-0.15, -0.1) is 0 Å². The molecule has 0 aliphatic carbocycles. The lowest BCUT2D eigenvalue weighted by Crippen LogP contribution is -2.40. The summed E-state index contributed by atoms with van der Waals surface area (Å²) in [5.74, 6) is 0. The minimum Gasteiger partial charge on any atom is -0.363 e. The van der Waals surface area contributed by atoms with Crippen LogP contribution in [0, 0.1) is 0 Å². The monoisotopic (exact) mass is 177 g/mol. The smallest absolute Gasteiger partial charge is 0.0788 e. The maximum absolute atomic E-state index is 4.10. The van der Waals surface area contributed by atoms with Crippen LogP contribution in [0.2, 0.25) is 0 Å². The summed E-state index contributed by atoms with van der Waals surface area (Å²) in [4.78, 5) is 2.56. The summed E-state index contributed by atoms with van der Waals surface area (Å²) in [5.41, 5.74) is 3.16. The van der Waals surface area contributed by atoms with E-state index in [1.165, 1.54) is 43.6 Å². The minimum atomic E-state index is 0.449. The molecule has 1 aromatic heterocycles. The van der Waals surface area contributed by atoms with Crippen molar-refractivity contribution in [2.75, 3.05) is 11.4 Å². The van der Waals surface area contributed by atoms with E-state index in [2.05, 4.69) is 22.0 Å². The second-order valence-corrected chi connectivity index (χ2v) is 4.24. The standard InChI is InChI=1S/C10H15N3/c1-2-10-4-3-5-13(10)9-7-11-12-8(9)6-10/h7H,2-6H2,1H3,(H,11,12). The molecule has 0 aromatic carbocycles. The molecule has 13 heavy (non-hydrogen) atoms. The van der Waals surface area contributed by atoms with E-state index in [9.17, 15) is 0 Å². The van der Waals surface area contributed by atoms with Gasteiger partial charge < -0.3 is 4.90 Å². The molecule has 1 saturated heterocycles. The van der Waals surface area contributed by atoms with Gasteiger partial charge in [0.2, 0.25) is 0 Å². The summed E-state index contributed by atoms with van der Waals surface area (Å²) in [5, 5.41) is 7.22. The predicted octanol–water partition coefficient (Wildman–Crippen LogP) is 1.71. The maximum Gasteiger partial charge on any atom is 0.0788 e. The lowest BCUT2D eigenvalue weighted by atomic mass is 9.91. The van der Waals surface area contributed by atoms with Crippen LogP contribution in [0.4, 0.5) is 5.69 Å². The molecule has 2 aliphatic heterocycles. The van der Waals surface area contributed by atoms with E-state index in [-0.39, 0.29) is 0 Å². The third kappa shape index (κ3) is 0.773. The summed E-state index contributed by atoms with van der Waals surface area (Å²) in [6.07, 6.45) is 7.12. The third-order valence-electron chi connectivity index (χ3n) is 3.75. The Bertz CT molecular complexity index is 331. The molecule has 1 fully saturated rings. The Morgan fingerprint density at radius 2 is 2.62 bits per heavy atom. The zero-order chi connectivity index (χ0) is 8.89. The first-order valence-electron chi connectivity index (χ1n) is 5.16. The van der Waals surface area contributed by atoms with Crippen LogP contribution in [-0.2, 0) is 6.42 Å². The van der Waals surface area contributed by atoms with Crippen LogP contribution in [-0.4, -0.2) is 22.3 Å². The van der Waals surface area contributed by atoms with E-state index < -0.39 is 0 Å². The van der Waals surface area contributed by atoms with Gasteiger partial charge in [0.25, 0.3) is 0 Å². The number of anilines is 1. The van der Waals surface area contributed by atoms with Gasteiger partial charge in [0.15, 0.2) is 0 Å². The average molecular weight is 177 g/mol. The molecule has 2 aliphatic rings. The second kappa shape index (κ2) is 2.28. The zero-order valence-corrected chi connectivity index (χ0v) is 8.01. The first-order chi connectivity index (χ1) is 6.36. The van der Waals surface area contributed by atoms with Crippen molar-refractivity contribution >= 4 is 5.69 Å². The third-order valence-corrected chi connectivity index (χ3v) is 3.75. The number of aromatic nitrogens is 2. The molecule has 70 valence electrons. The Labute approximate surface area is 78.1 Å². The fourth-order valence-corrected chi connectivity index (χ4v) is 2.99. The fraction of sp³-hybridized carbons (Fsp3) is 0.700. The highest BCUT2D eigenvalue weighted by Crippen LogP contribution is 2.45. The first kappa shape index (κ1) is 7.42. The van der Waals surface area contributed by atoms with Gasteiger partial charge in [0, 0.05) is 18.5 Å². The van der Waals surface area contributed by atoms with Crippen molar-refractivity contribution < 1.29 is 0 Å². The van der Waals surface area contributed by atoms with E-state index in [1.807, 2.05) is 6.20 Å². The van der Waals surface area contributed by atoms with Gasteiger partial charge in [-0.05, 0) is 19.3 Å². The van der Waals surface area contributed by atoms with Crippen LogP contribution >= 0.6 is 0 Å². The Balaban J connectivity index is 2.07. The lowest BCUT2D eigenvalue weighted by Gasteiger charge is -2.32. The molecule has 1 unspecified atom stereocenters. The first-order valence-corrected chi connectivity index (χ1v) is 5.16. The van der Waals surface area contributed by atoms with Crippen molar-refractivity contribution in [2.24, 2.45) is 0 Å². The number of fused-ring (bicyclic) bond motifs is 3. The molecule has 3 heteroatoms. The van der Waals surface area contributed by atoms with Crippen LogP contribution in [0.25, 0.3) is 0 Å². The maximum atomic E-state index is 4.10. The fourth-order valence-electron chi connectivity index (χ4n) is 2.99. The molecule has 0 radical (unpaired) electrons. The molecule has 3 nitrogen and oxygen atoms in total. The highest BCUT2D eigenvalue weighted by atomic mass is 15.3. The number of hydrogen-bond donors (Lipinski definition) is 1. The van der Waals surface area contributed by atoms with Gasteiger partial charge in [0.1, 0.15) is 0 Å².